The first kappa shape index (κ1) is 20.7. The van der Waals surface area contributed by atoms with Crippen LogP contribution in [0.1, 0.15) is 16.7 Å². The maximum Gasteiger partial charge on any atom is 0.129 e. The van der Waals surface area contributed by atoms with Crippen molar-refractivity contribution in [2.75, 3.05) is 7.11 Å². The quantitative estimate of drug-likeness (QED) is 0.581. The second-order valence-corrected chi connectivity index (χ2v) is 5.94. The lowest BCUT2D eigenvalue weighted by molar-refractivity contribution is 0.299. The predicted molar refractivity (Wildman–Crippen MR) is 108 cm³/mol. The molecule has 0 aliphatic carbocycles. The fraction of sp³-hybridized carbons (Fsp3) is 0.182. The van der Waals surface area contributed by atoms with Gasteiger partial charge in [-0.05, 0) is 29.8 Å². The van der Waals surface area contributed by atoms with Crippen LogP contribution in [-0.4, -0.2) is 7.11 Å². The lowest BCUT2D eigenvalue weighted by atomic mass is 10.1. The Hall–Kier alpha value is -2.56. The summed E-state index contributed by atoms with van der Waals surface area (Å²) in [6.45, 7) is 1.63. The van der Waals surface area contributed by atoms with Crippen LogP contribution >= 0.6 is 12.4 Å². The van der Waals surface area contributed by atoms with E-state index >= 15 is 0 Å². The highest BCUT2D eigenvalue weighted by atomic mass is 35.5. The molecule has 0 unspecified atom stereocenters. The maximum atomic E-state index is 13.7. The third-order valence-electron chi connectivity index (χ3n) is 4.09. The molecule has 27 heavy (non-hydrogen) atoms. The van der Waals surface area contributed by atoms with E-state index < -0.39 is 0 Å². The van der Waals surface area contributed by atoms with Crippen molar-refractivity contribution < 1.29 is 13.9 Å². The number of benzene rings is 3. The van der Waals surface area contributed by atoms with E-state index in [2.05, 4.69) is 5.32 Å². The molecular formula is C22H23ClFNO2. The molecule has 5 heteroatoms. The third kappa shape index (κ3) is 5.98. The predicted octanol–water partition coefficient (Wildman–Crippen LogP) is 5.12. The molecule has 0 heterocycles. The van der Waals surface area contributed by atoms with Crippen molar-refractivity contribution in [2.24, 2.45) is 0 Å². The van der Waals surface area contributed by atoms with Gasteiger partial charge in [0.05, 0.1) is 7.11 Å². The summed E-state index contributed by atoms with van der Waals surface area (Å²) in [5.74, 6) is 1.36. The minimum atomic E-state index is -0.248. The Morgan fingerprint density at radius 1 is 0.852 bits per heavy atom. The van der Waals surface area contributed by atoms with Crippen LogP contribution < -0.4 is 14.8 Å². The Morgan fingerprint density at radius 3 is 2.37 bits per heavy atom. The summed E-state index contributed by atoms with van der Waals surface area (Å²) in [6.07, 6.45) is 0. The normalized spacial score (nSPS) is 10.1. The molecule has 0 saturated heterocycles. The smallest absolute Gasteiger partial charge is 0.129 e. The fourth-order valence-electron chi connectivity index (χ4n) is 2.71. The number of hydrogen-bond donors (Lipinski definition) is 1. The summed E-state index contributed by atoms with van der Waals surface area (Å²) in [7, 11) is 1.68. The van der Waals surface area contributed by atoms with E-state index in [4.69, 9.17) is 9.47 Å². The van der Waals surface area contributed by atoms with Gasteiger partial charge in [-0.1, -0.05) is 48.5 Å². The van der Waals surface area contributed by atoms with Gasteiger partial charge in [0, 0.05) is 24.2 Å². The van der Waals surface area contributed by atoms with E-state index in [1.807, 2.05) is 48.5 Å². The van der Waals surface area contributed by atoms with Crippen LogP contribution in [0, 0.1) is 5.82 Å². The number of hydrogen-bond acceptors (Lipinski definition) is 3. The van der Waals surface area contributed by atoms with E-state index in [0.717, 1.165) is 22.6 Å². The Labute approximate surface area is 165 Å². The molecule has 0 radical (unpaired) electrons. The van der Waals surface area contributed by atoms with E-state index in [0.29, 0.717) is 18.7 Å². The average Bonchev–Trinajstić information content (AvgIpc) is 2.68. The summed E-state index contributed by atoms with van der Waals surface area (Å²) in [4.78, 5) is 0. The fourth-order valence-corrected chi connectivity index (χ4v) is 2.71. The molecule has 3 rings (SSSR count). The van der Waals surface area contributed by atoms with Crippen LogP contribution in [0.4, 0.5) is 4.39 Å². The SMILES string of the molecule is COc1ccccc1CNCc1cccc(OCc2ccccc2F)c1.Cl. The van der Waals surface area contributed by atoms with Gasteiger partial charge < -0.3 is 14.8 Å². The summed E-state index contributed by atoms with van der Waals surface area (Å²) in [6, 6.07) is 22.4. The Morgan fingerprint density at radius 2 is 1.59 bits per heavy atom. The van der Waals surface area contributed by atoms with E-state index in [9.17, 15) is 4.39 Å². The van der Waals surface area contributed by atoms with Crippen LogP contribution in [0.25, 0.3) is 0 Å². The summed E-state index contributed by atoms with van der Waals surface area (Å²) in [5.41, 5.74) is 2.76. The molecule has 0 bridgehead atoms. The van der Waals surface area contributed by atoms with Gasteiger partial charge in [-0.25, -0.2) is 4.39 Å². The van der Waals surface area contributed by atoms with Crippen molar-refractivity contribution in [3.05, 3.63) is 95.3 Å². The van der Waals surface area contributed by atoms with E-state index in [1.54, 1.807) is 25.3 Å². The molecular weight excluding hydrogens is 365 g/mol. The highest BCUT2D eigenvalue weighted by Gasteiger charge is 2.04. The van der Waals surface area contributed by atoms with Crippen LogP contribution in [-0.2, 0) is 19.7 Å². The van der Waals surface area contributed by atoms with Gasteiger partial charge in [-0.3, -0.25) is 0 Å². The highest BCUT2D eigenvalue weighted by molar-refractivity contribution is 5.85. The minimum absolute atomic E-state index is 0. The van der Waals surface area contributed by atoms with Gasteiger partial charge >= 0.3 is 0 Å². The van der Waals surface area contributed by atoms with Gasteiger partial charge in [0.15, 0.2) is 0 Å². The maximum absolute atomic E-state index is 13.7. The topological polar surface area (TPSA) is 30.5 Å². The zero-order valence-corrected chi connectivity index (χ0v) is 16.0. The van der Waals surface area contributed by atoms with E-state index in [1.165, 1.54) is 6.07 Å². The Kier molecular flexibility index (Phi) is 8.11. The zero-order chi connectivity index (χ0) is 18.2. The summed E-state index contributed by atoms with van der Waals surface area (Å²) >= 11 is 0. The molecule has 0 aliphatic rings. The summed E-state index contributed by atoms with van der Waals surface area (Å²) in [5, 5.41) is 3.41. The number of ether oxygens (including phenoxy) is 2. The number of para-hydroxylation sites is 1. The first-order valence-electron chi connectivity index (χ1n) is 8.54. The molecule has 3 aromatic carbocycles. The van der Waals surface area contributed by atoms with Gasteiger partial charge in [-0.15, -0.1) is 12.4 Å². The number of methoxy groups -OCH3 is 1. The second kappa shape index (κ2) is 10.6. The van der Waals surface area contributed by atoms with Gasteiger partial charge in [0.2, 0.25) is 0 Å². The number of halogens is 2. The first-order chi connectivity index (χ1) is 12.8. The van der Waals surface area contributed by atoms with E-state index in [-0.39, 0.29) is 24.8 Å². The first-order valence-corrected chi connectivity index (χ1v) is 8.54. The minimum Gasteiger partial charge on any atom is -0.496 e. The molecule has 0 saturated carbocycles. The lowest BCUT2D eigenvalue weighted by Crippen LogP contribution is -2.13. The van der Waals surface area contributed by atoms with Crippen molar-refractivity contribution in [1.82, 2.24) is 5.32 Å². The van der Waals surface area contributed by atoms with Crippen molar-refractivity contribution in [1.29, 1.82) is 0 Å². The molecule has 0 spiro atoms. The molecule has 1 N–H and O–H groups in total. The second-order valence-electron chi connectivity index (χ2n) is 5.94. The van der Waals surface area contributed by atoms with Crippen molar-refractivity contribution >= 4 is 12.4 Å². The molecule has 0 aliphatic heterocycles. The number of rotatable bonds is 8. The standard InChI is InChI=1S/C22H22FNO2.ClH/c1-25-22-12-5-3-8-18(22)15-24-14-17-7-6-10-20(13-17)26-16-19-9-2-4-11-21(19)23;/h2-13,24H,14-16H2,1H3;1H. The number of nitrogens with one attached hydrogen (secondary N) is 1. The van der Waals surface area contributed by atoms with Crippen molar-refractivity contribution in [3.63, 3.8) is 0 Å². The van der Waals surface area contributed by atoms with Crippen molar-refractivity contribution in [2.45, 2.75) is 19.7 Å². The third-order valence-corrected chi connectivity index (χ3v) is 4.09. The lowest BCUT2D eigenvalue weighted by Gasteiger charge is -2.11. The van der Waals surface area contributed by atoms with Crippen LogP contribution in [0.15, 0.2) is 72.8 Å². The van der Waals surface area contributed by atoms with Gasteiger partial charge in [-0.2, -0.15) is 0 Å². The van der Waals surface area contributed by atoms with Crippen LogP contribution in [0.2, 0.25) is 0 Å². The summed E-state index contributed by atoms with van der Waals surface area (Å²) < 4.78 is 24.7. The monoisotopic (exact) mass is 387 g/mol. The highest BCUT2D eigenvalue weighted by Crippen LogP contribution is 2.18. The van der Waals surface area contributed by atoms with Crippen LogP contribution in [0.5, 0.6) is 11.5 Å². The molecule has 3 aromatic rings. The Balaban J connectivity index is 0.00000261. The molecule has 0 amide bonds. The molecule has 142 valence electrons. The van der Waals surface area contributed by atoms with Crippen molar-refractivity contribution in [3.8, 4) is 11.5 Å². The molecule has 0 aromatic heterocycles. The molecule has 0 fully saturated rings. The molecule has 3 nitrogen and oxygen atoms in total. The van der Waals surface area contributed by atoms with Gasteiger partial charge in [0.25, 0.3) is 0 Å². The van der Waals surface area contributed by atoms with Gasteiger partial charge in [0.1, 0.15) is 23.9 Å². The molecule has 0 atom stereocenters. The average molecular weight is 388 g/mol. The largest absolute Gasteiger partial charge is 0.496 e. The zero-order valence-electron chi connectivity index (χ0n) is 15.2. The Bertz CT molecular complexity index is 857. The van der Waals surface area contributed by atoms with Crippen LogP contribution in [0.3, 0.4) is 0 Å².